The SMILES string of the molecule is O=C(O)C12CCCC1(CCCC(O)O)C(O)CN2. The lowest BCUT2D eigenvalue weighted by Gasteiger charge is -2.39. The summed E-state index contributed by atoms with van der Waals surface area (Å²) in [4.78, 5) is 11.6. The molecule has 1 aliphatic heterocycles. The van der Waals surface area contributed by atoms with Crippen molar-refractivity contribution >= 4 is 5.97 Å². The Morgan fingerprint density at radius 2 is 2.11 bits per heavy atom. The van der Waals surface area contributed by atoms with Crippen molar-refractivity contribution in [1.29, 1.82) is 0 Å². The number of carboxylic acid groups (broad SMARTS) is 1. The van der Waals surface area contributed by atoms with Crippen LogP contribution in [0, 0.1) is 5.41 Å². The van der Waals surface area contributed by atoms with Gasteiger partial charge >= 0.3 is 5.97 Å². The van der Waals surface area contributed by atoms with Gasteiger partial charge in [0.05, 0.1) is 6.10 Å². The molecular weight excluding hydrogens is 238 g/mol. The molecule has 5 N–H and O–H groups in total. The molecule has 104 valence electrons. The van der Waals surface area contributed by atoms with Crippen LogP contribution in [0.1, 0.15) is 38.5 Å². The van der Waals surface area contributed by atoms with Crippen LogP contribution in [0.25, 0.3) is 0 Å². The molecule has 2 rings (SSSR count). The van der Waals surface area contributed by atoms with E-state index < -0.39 is 29.3 Å². The predicted molar refractivity (Wildman–Crippen MR) is 62.7 cm³/mol. The third-order valence-corrected chi connectivity index (χ3v) is 4.71. The summed E-state index contributed by atoms with van der Waals surface area (Å²) in [6.45, 7) is 0.300. The van der Waals surface area contributed by atoms with Gasteiger partial charge in [0.15, 0.2) is 6.29 Å². The van der Waals surface area contributed by atoms with Crippen LogP contribution in [-0.4, -0.2) is 50.9 Å². The van der Waals surface area contributed by atoms with Crippen molar-refractivity contribution in [1.82, 2.24) is 5.32 Å². The second kappa shape index (κ2) is 4.77. The largest absolute Gasteiger partial charge is 0.480 e. The average molecular weight is 259 g/mol. The molecule has 0 aromatic heterocycles. The minimum absolute atomic E-state index is 0.212. The van der Waals surface area contributed by atoms with Crippen LogP contribution in [0.4, 0.5) is 0 Å². The quantitative estimate of drug-likeness (QED) is 0.423. The second-order valence-electron chi connectivity index (χ2n) is 5.49. The Balaban J connectivity index is 2.17. The lowest BCUT2D eigenvalue weighted by molar-refractivity contribution is -0.150. The van der Waals surface area contributed by atoms with Crippen molar-refractivity contribution in [2.24, 2.45) is 5.41 Å². The van der Waals surface area contributed by atoms with E-state index in [9.17, 15) is 15.0 Å². The van der Waals surface area contributed by atoms with E-state index in [1.54, 1.807) is 0 Å². The number of β-amino-alcohol motifs (C(OH)–C–C–N with tert-alkyl or cyclic N) is 1. The molecule has 1 saturated heterocycles. The number of hydrogen-bond donors (Lipinski definition) is 5. The van der Waals surface area contributed by atoms with Gasteiger partial charge in [-0.05, 0) is 32.1 Å². The van der Waals surface area contributed by atoms with Crippen LogP contribution in [0.3, 0.4) is 0 Å². The first-order valence-electron chi connectivity index (χ1n) is 6.47. The topological polar surface area (TPSA) is 110 Å². The highest BCUT2D eigenvalue weighted by molar-refractivity contribution is 5.81. The zero-order valence-corrected chi connectivity index (χ0v) is 10.3. The van der Waals surface area contributed by atoms with Crippen LogP contribution in [0.5, 0.6) is 0 Å². The van der Waals surface area contributed by atoms with Gasteiger partial charge < -0.3 is 20.4 Å². The first kappa shape index (κ1) is 13.7. The fraction of sp³-hybridized carbons (Fsp3) is 0.917. The van der Waals surface area contributed by atoms with E-state index in [2.05, 4.69) is 5.32 Å². The minimum Gasteiger partial charge on any atom is -0.480 e. The molecule has 0 spiro atoms. The van der Waals surface area contributed by atoms with E-state index in [0.717, 1.165) is 6.42 Å². The van der Waals surface area contributed by atoms with E-state index in [1.165, 1.54) is 0 Å². The zero-order chi connectivity index (χ0) is 13.4. The molecule has 6 heteroatoms. The van der Waals surface area contributed by atoms with E-state index >= 15 is 0 Å². The predicted octanol–water partition coefficient (Wildman–Crippen LogP) is -0.575. The standard InChI is InChI=1S/C12H21NO5/c14-8-7-13-12(10(17)18)6-2-5-11(8,12)4-1-3-9(15)16/h8-9,13-16H,1-7H2,(H,17,18). The molecule has 0 radical (unpaired) electrons. The van der Waals surface area contributed by atoms with Gasteiger partial charge in [-0.3, -0.25) is 10.1 Å². The number of carbonyl (C=O) groups is 1. The number of aliphatic hydroxyl groups is 3. The van der Waals surface area contributed by atoms with Crippen LogP contribution >= 0.6 is 0 Å². The summed E-state index contributed by atoms with van der Waals surface area (Å²) in [6, 6.07) is 0. The van der Waals surface area contributed by atoms with Gasteiger partial charge in [-0.25, -0.2) is 0 Å². The van der Waals surface area contributed by atoms with Gasteiger partial charge in [0, 0.05) is 12.0 Å². The minimum atomic E-state index is -1.37. The molecule has 6 nitrogen and oxygen atoms in total. The molecule has 3 atom stereocenters. The number of fused-ring (bicyclic) bond motifs is 1. The van der Waals surface area contributed by atoms with Gasteiger partial charge in [0.1, 0.15) is 5.54 Å². The molecule has 2 fully saturated rings. The molecule has 2 aliphatic rings. The summed E-state index contributed by atoms with van der Waals surface area (Å²) in [6.07, 6.45) is 1.16. The highest BCUT2D eigenvalue weighted by Crippen LogP contribution is 2.55. The summed E-state index contributed by atoms with van der Waals surface area (Å²) in [5.41, 5.74) is -1.69. The van der Waals surface area contributed by atoms with E-state index in [-0.39, 0.29) is 6.42 Å². The second-order valence-corrected chi connectivity index (χ2v) is 5.49. The Labute approximate surface area is 106 Å². The molecule has 18 heavy (non-hydrogen) atoms. The van der Waals surface area contributed by atoms with Crippen molar-refractivity contribution in [3.8, 4) is 0 Å². The number of hydrogen-bond acceptors (Lipinski definition) is 5. The summed E-state index contributed by atoms with van der Waals surface area (Å²) in [7, 11) is 0. The van der Waals surface area contributed by atoms with Gasteiger partial charge in [-0.1, -0.05) is 6.42 Å². The lowest BCUT2D eigenvalue weighted by Crippen LogP contribution is -2.56. The Kier molecular flexibility index (Phi) is 3.64. The maximum absolute atomic E-state index is 11.6. The van der Waals surface area contributed by atoms with Crippen LogP contribution < -0.4 is 5.32 Å². The number of nitrogens with one attached hydrogen (secondary N) is 1. The van der Waals surface area contributed by atoms with E-state index in [4.69, 9.17) is 10.2 Å². The summed E-state index contributed by atoms with van der Waals surface area (Å²) >= 11 is 0. The molecule has 0 aromatic carbocycles. The van der Waals surface area contributed by atoms with Crippen molar-refractivity contribution in [2.45, 2.75) is 56.5 Å². The number of carboxylic acids is 1. The maximum atomic E-state index is 11.6. The lowest BCUT2D eigenvalue weighted by atomic mass is 9.68. The highest BCUT2D eigenvalue weighted by Gasteiger charge is 2.66. The highest BCUT2D eigenvalue weighted by atomic mass is 16.5. The number of aliphatic carboxylic acids is 1. The molecule has 1 saturated carbocycles. The molecule has 3 unspecified atom stereocenters. The third kappa shape index (κ3) is 1.84. The Morgan fingerprint density at radius 1 is 1.39 bits per heavy atom. The van der Waals surface area contributed by atoms with Crippen molar-refractivity contribution in [2.75, 3.05) is 6.54 Å². The van der Waals surface area contributed by atoms with Crippen LogP contribution in [0.2, 0.25) is 0 Å². The monoisotopic (exact) mass is 259 g/mol. The van der Waals surface area contributed by atoms with E-state index in [0.29, 0.717) is 32.2 Å². The van der Waals surface area contributed by atoms with Gasteiger partial charge in [0.25, 0.3) is 0 Å². The zero-order valence-electron chi connectivity index (χ0n) is 10.3. The van der Waals surface area contributed by atoms with Crippen molar-refractivity contribution < 1.29 is 25.2 Å². The van der Waals surface area contributed by atoms with Gasteiger partial charge in [-0.2, -0.15) is 0 Å². The Bertz CT molecular complexity index is 334. The van der Waals surface area contributed by atoms with Gasteiger partial charge in [-0.15, -0.1) is 0 Å². The van der Waals surface area contributed by atoms with Crippen LogP contribution in [0.15, 0.2) is 0 Å². The molecule has 0 bridgehead atoms. The number of aliphatic hydroxyl groups excluding tert-OH is 2. The molecule has 1 aliphatic carbocycles. The summed E-state index contributed by atoms with van der Waals surface area (Å²) < 4.78 is 0. The van der Waals surface area contributed by atoms with E-state index in [1.807, 2.05) is 0 Å². The van der Waals surface area contributed by atoms with Crippen molar-refractivity contribution in [3.05, 3.63) is 0 Å². The van der Waals surface area contributed by atoms with Gasteiger partial charge in [0.2, 0.25) is 0 Å². The summed E-state index contributed by atoms with van der Waals surface area (Å²) in [5, 5.41) is 40.4. The van der Waals surface area contributed by atoms with Crippen LogP contribution in [-0.2, 0) is 4.79 Å². The maximum Gasteiger partial charge on any atom is 0.324 e. The smallest absolute Gasteiger partial charge is 0.324 e. The Morgan fingerprint density at radius 3 is 2.72 bits per heavy atom. The first-order valence-corrected chi connectivity index (χ1v) is 6.47. The Hall–Kier alpha value is -0.690. The molecular formula is C12H21NO5. The summed E-state index contributed by atoms with van der Waals surface area (Å²) in [5.74, 6) is -0.902. The average Bonchev–Trinajstić information content (AvgIpc) is 2.77. The number of rotatable bonds is 5. The molecule has 0 amide bonds. The third-order valence-electron chi connectivity index (χ3n) is 4.71. The first-order chi connectivity index (χ1) is 8.44. The normalized spacial score (nSPS) is 39.2. The fourth-order valence-corrected chi connectivity index (χ4v) is 3.81. The molecule has 0 aromatic rings. The fourth-order valence-electron chi connectivity index (χ4n) is 3.81. The van der Waals surface area contributed by atoms with Crippen molar-refractivity contribution in [3.63, 3.8) is 0 Å². The molecule has 1 heterocycles.